The number of ether oxygens (including phenoxy) is 1. The predicted molar refractivity (Wildman–Crippen MR) is 159 cm³/mol. The summed E-state index contributed by atoms with van der Waals surface area (Å²) in [6.07, 6.45) is 12.3. The van der Waals surface area contributed by atoms with Crippen LogP contribution in [0.1, 0.15) is 36.0 Å². The third-order valence-electron chi connectivity index (χ3n) is 9.53. The van der Waals surface area contributed by atoms with Crippen molar-refractivity contribution >= 4 is 11.0 Å². The molecular weight excluding hydrogens is 492 g/mol. The highest BCUT2D eigenvalue weighted by Crippen LogP contribution is 2.38. The molecule has 2 saturated heterocycles. The first-order valence-corrected chi connectivity index (χ1v) is 14.7. The van der Waals surface area contributed by atoms with Gasteiger partial charge in [0, 0.05) is 41.0 Å². The molecular formula is C35H35N4O+. The van der Waals surface area contributed by atoms with Crippen LogP contribution in [0.2, 0.25) is 0 Å². The first-order valence-electron chi connectivity index (χ1n) is 14.7. The summed E-state index contributed by atoms with van der Waals surface area (Å²) < 4.78 is 5.75. The van der Waals surface area contributed by atoms with Gasteiger partial charge in [0.1, 0.15) is 0 Å². The number of pyridine rings is 2. The lowest BCUT2D eigenvalue weighted by Crippen LogP contribution is -2.66. The number of nitrogens with zero attached hydrogens (tertiary/aromatic N) is 2. The van der Waals surface area contributed by atoms with Gasteiger partial charge < -0.3 is 4.74 Å². The number of fused-ring (bicyclic) bond motifs is 4. The van der Waals surface area contributed by atoms with Crippen LogP contribution in [-0.4, -0.2) is 46.2 Å². The highest BCUT2D eigenvalue weighted by atomic mass is 16.5. The van der Waals surface area contributed by atoms with Gasteiger partial charge in [0.2, 0.25) is 0 Å². The Morgan fingerprint density at radius 2 is 1.62 bits per heavy atom. The molecule has 0 saturated carbocycles. The maximum absolute atomic E-state index is 5.75. The lowest BCUT2D eigenvalue weighted by molar-refractivity contribution is -0.346. The lowest BCUT2D eigenvalue weighted by atomic mass is 9.87. The fraction of sp³-hybridized carbons (Fsp3) is 0.314. The molecule has 2 aliphatic heterocycles. The van der Waals surface area contributed by atoms with Gasteiger partial charge in [-0.2, -0.15) is 0 Å². The third kappa shape index (κ3) is 4.07. The van der Waals surface area contributed by atoms with Crippen molar-refractivity contribution in [3.8, 4) is 33.5 Å². The zero-order valence-corrected chi connectivity index (χ0v) is 23.0. The van der Waals surface area contributed by atoms with Crippen LogP contribution in [0.3, 0.4) is 0 Å². The fourth-order valence-corrected chi connectivity index (χ4v) is 7.38. The number of rotatable bonds is 4. The molecule has 2 bridgehead atoms. The zero-order valence-electron chi connectivity index (χ0n) is 23.0. The van der Waals surface area contributed by atoms with Crippen LogP contribution in [0.5, 0.6) is 0 Å². The fourth-order valence-electron chi connectivity index (χ4n) is 7.38. The highest BCUT2D eigenvalue weighted by molar-refractivity contribution is 5.94. The van der Waals surface area contributed by atoms with Gasteiger partial charge in [-0.15, -0.1) is 0 Å². The van der Waals surface area contributed by atoms with Gasteiger partial charge in [-0.05, 0) is 79.0 Å². The maximum atomic E-state index is 5.75. The second kappa shape index (κ2) is 9.69. The van der Waals surface area contributed by atoms with Gasteiger partial charge in [-0.3, -0.25) is 9.88 Å². The SMILES string of the molecule is Cc1cccnc1-c1ccc(-c2c[nH]c3[nH+]cc(-c4ccc5c(c4)CC[C@@H](N4C6COCC4C6)CC5)cc23)cc1. The molecule has 5 nitrogen and oxygen atoms in total. The summed E-state index contributed by atoms with van der Waals surface area (Å²) >= 11 is 0. The van der Waals surface area contributed by atoms with Crippen molar-refractivity contribution in [2.24, 2.45) is 0 Å². The number of nitrogens with one attached hydrogen (secondary N) is 2. The maximum Gasteiger partial charge on any atom is 0.284 e. The molecule has 5 heterocycles. The first-order chi connectivity index (χ1) is 19.7. The molecule has 1 aliphatic carbocycles. The summed E-state index contributed by atoms with van der Waals surface area (Å²) in [4.78, 5) is 14.3. The largest absolute Gasteiger partial charge is 0.378 e. The Labute approximate surface area is 235 Å². The van der Waals surface area contributed by atoms with E-state index in [1.807, 2.05) is 12.3 Å². The molecule has 3 aliphatic rings. The quantitative estimate of drug-likeness (QED) is 0.275. The number of aromatic amines is 2. The van der Waals surface area contributed by atoms with Crippen molar-refractivity contribution in [2.45, 2.75) is 57.2 Å². The number of benzene rings is 2. The normalized spacial score (nSPS) is 22.5. The molecule has 0 spiro atoms. The molecule has 8 rings (SSSR count). The van der Waals surface area contributed by atoms with Crippen LogP contribution in [0, 0.1) is 6.92 Å². The molecule has 3 atom stereocenters. The van der Waals surface area contributed by atoms with E-state index in [1.165, 1.54) is 70.0 Å². The zero-order chi connectivity index (χ0) is 26.6. The van der Waals surface area contributed by atoms with E-state index in [-0.39, 0.29) is 0 Å². The van der Waals surface area contributed by atoms with Crippen LogP contribution < -0.4 is 4.98 Å². The molecule has 0 radical (unpaired) electrons. The molecule has 2 unspecified atom stereocenters. The monoisotopic (exact) mass is 527 g/mol. The minimum absolute atomic E-state index is 0.661. The summed E-state index contributed by atoms with van der Waals surface area (Å²) in [5, 5.41) is 1.21. The van der Waals surface area contributed by atoms with E-state index >= 15 is 0 Å². The van der Waals surface area contributed by atoms with Gasteiger partial charge in [0.25, 0.3) is 5.65 Å². The topological polar surface area (TPSA) is 55.3 Å². The summed E-state index contributed by atoms with van der Waals surface area (Å²) in [6, 6.07) is 24.4. The van der Waals surface area contributed by atoms with E-state index in [4.69, 9.17) is 4.74 Å². The summed E-state index contributed by atoms with van der Waals surface area (Å²) in [5.41, 5.74) is 12.4. The average Bonchev–Trinajstić information content (AvgIpc) is 3.32. The smallest absolute Gasteiger partial charge is 0.284 e. The second-order valence-corrected chi connectivity index (χ2v) is 11.9. The second-order valence-electron chi connectivity index (χ2n) is 11.9. The molecule has 2 N–H and O–H groups in total. The Morgan fingerprint density at radius 3 is 2.42 bits per heavy atom. The number of morpholine rings is 1. The number of aryl methyl sites for hydroxylation is 3. The Hall–Kier alpha value is -3.80. The molecule has 200 valence electrons. The van der Waals surface area contributed by atoms with E-state index in [0.717, 1.165) is 36.5 Å². The number of aromatic nitrogens is 3. The van der Waals surface area contributed by atoms with Crippen LogP contribution in [0.25, 0.3) is 44.5 Å². The van der Waals surface area contributed by atoms with Crippen molar-refractivity contribution in [3.05, 3.63) is 95.9 Å². The summed E-state index contributed by atoms with van der Waals surface area (Å²) in [5.74, 6) is 0. The predicted octanol–water partition coefficient (Wildman–Crippen LogP) is 6.41. The Morgan fingerprint density at radius 1 is 0.850 bits per heavy atom. The summed E-state index contributed by atoms with van der Waals surface area (Å²) in [7, 11) is 0. The van der Waals surface area contributed by atoms with E-state index in [9.17, 15) is 0 Å². The van der Waals surface area contributed by atoms with Gasteiger partial charge in [0.05, 0.1) is 36.7 Å². The standard InChI is InChI=1S/C35H34N4O/c1-22-3-2-14-36-34(22)25-7-5-24(6-8-25)33-19-38-35-32(33)16-28(18-37-35)27-9-4-23-10-12-29(13-11-26(23)15-27)39-30-17-31(39)21-40-20-30/h2-9,14-16,18-19,29-31H,10-13,17,20-21H2,1H3,(H,37,38)/p+1/t29-,30?,31?/m0/s1. The van der Waals surface area contributed by atoms with Gasteiger partial charge in [-0.1, -0.05) is 48.5 Å². The van der Waals surface area contributed by atoms with Crippen molar-refractivity contribution in [3.63, 3.8) is 0 Å². The van der Waals surface area contributed by atoms with E-state index < -0.39 is 0 Å². The van der Waals surface area contributed by atoms with Gasteiger partial charge in [-0.25, -0.2) is 9.97 Å². The van der Waals surface area contributed by atoms with Crippen LogP contribution in [0.15, 0.2) is 79.3 Å². The number of hydrogen-bond donors (Lipinski definition) is 1. The molecule has 5 heteroatoms. The van der Waals surface area contributed by atoms with E-state index in [2.05, 4.69) is 93.8 Å². The first kappa shape index (κ1) is 24.0. The van der Waals surface area contributed by atoms with Gasteiger partial charge in [0.15, 0.2) is 0 Å². The van der Waals surface area contributed by atoms with Crippen molar-refractivity contribution in [1.82, 2.24) is 14.9 Å². The Balaban J connectivity index is 1.06. The van der Waals surface area contributed by atoms with Crippen LogP contribution >= 0.6 is 0 Å². The molecule has 2 fully saturated rings. The van der Waals surface area contributed by atoms with Gasteiger partial charge >= 0.3 is 0 Å². The average molecular weight is 528 g/mol. The molecule has 2 aromatic carbocycles. The molecule has 0 amide bonds. The van der Waals surface area contributed by atoms with Crippen molar-refractivity contribution in [1.29, 1.82) is 0 Å². The van der Waals surface area contributed by atoms with Crippen molar-refractivity contribution in [2.75, 3.05) is 13.2 Å². The Bertz CT molecular complexity index is 1690. The third-order valence-corrected chi connectivity index (χ3v) is 9.53. The van der Waals surface area contributed by atoms with E-state index in [0.29, 0.717) is 18.1 Å². The van der Waals surface area contributed by atoms with Crippen LogP contribution in [-0.2, 0) is 17.6 Å². The lowest BCUT2D eigenvalue weighted by Gasteiger charge is -2.56. The number of hydrogen-bond acceptors (Lipinski definition) is 3. The summed E-state index contributed by atoms with van der Waals surface area (Å²) in [6.45, 7) is 3.97. The molecule has 3 aromatic heterocycles. The van der Waals surface area contributed by atoms with Crippen LogP contribution in [0.4, 0.5) is 0 Å². The molecule has 40 heavy (non-hydrogen) atoms. The Kier molecular flexibility index (Phi) is 5.82. The van der Waals surface area contributed by atoms with Crippen molar-refractivity contribution < 1.29 is 9.72 Å². The number of H-pyrrole nitrogens is 2. The minimum Gasteiger partial charge on any atom is -0.378 e. The minimum atomic E-state index is 0.661. The highest BCUT2D eigenvalue weighted by Gasteiger charge is 2.45. The van der Waals surface area contributed by atoms with E-state index in [1.54, 1.807) is 0 Å². The molecule has 5 aromatic rings.